The molecule has 27 heavy (non-hydrogen) atoms. The minimum atomic E-state index is -3.80. The summed E-state index contributed by atoms with van der Waals surface area (Å²) in [5.41, 5.74) is 1.57. The predicted octanol–water partition coefficient (Wildman–Crippen LogP) is 2.68. The largest absolute Gasteiger partial charge is 0.295 e. The highest BCUT2D eigenvalue weighted by Crippen LogP contribution is 2.36. The number of carbonyl (C=O) groups excluding carboxylic acids is 1. The highest BCUT2D eigenvalue weighted by Gasteiger charge is 2.28. The van der Waals surface area contributed by atoms with Crippen LogP contribution in [0.25, 0.3) is 11.4 Å². The van der Waals surface area contributed by atoms with E-state index in [0.29, 0.717) is 23.1 Å². The fraction of sp³-hybridized carbons (Fsp3) is 0.222. The zero-order valence-corrected chi connectivity index (χ0v) is 15.3. The van der Waals surface area contributed by atoms with Gasteiger partial charge in [0.2, 0.25) is 0 Å². The molecule has 0 bridgehead atoms. The number of Topliss-reactive ketones (excluding diaryl/α,β-unsaturated/α-hetero) is 1. The van der Waals surface area contributed by atoms with E-state index in [-0.39, 0.29) is 10.7 Å². The Labute approximate surface area is 156 Å². The maximum absolute atomic E-state index is 12.6. The predicted molar refractivity (Wildman–Crippen MR) is 98.8 cm³/mol. The quantitative estimate of drug-likeness (QED) is 0.656. The van der Waals surface area contributed by atoms with Gasteiger partial charge >= 0.3 is 0 Å². The lowest BCUT2D eigenvalue weighted by molar-refractivity contribution is 0.101. The maximum Gasteiger partial charge on any atom is 0.261 e. The first-order valence-electron chi connectivity index (χ1n) is 8.46. The van der Waals surface area contributed by atoms with Crippen LogP contribution in [0.5, 0.6) is 0 Å². The molecular formula is C18H17N5O3S. The molecule has 0 atom stereocenters. The van der Waals surface area contributed by atoms with Crippen molar-refractivity contribution in [3.8, 4) is 11.4 Å². The molecule has 0 amide bonds. The Balaban J connectivity index is 1.56. The van der Waals surface area contributed by atoms with Crippen LogP contribution in [-0.4, -0.2) is 34.4 Å². The van der Waals surface area contributed by atoms with Crippen molar-refractivity contribution < 1.29 is 13.2 Å². The summed E-state index contributed by atoms with van der Waals surface area (Å²) in [5, 5.41) is 11.8. The molecule has 2 aromatic carbocycles. The Morgan fingerprint density at radius 1 is 1.15 bits per heavy atom. The van der Waals surface area contributed by atoms with Crippen LogP contribution in [-0.2, 0) is 10.0 Å². The van der Waals surface area contributed by atoms with Crippen molar-refractivity contribution in [3.05, 3.63) is 54.1 Å². The number of hydrogen-bond donors (Lipinski definition) is 1. The van der Waals surface area contributed by atoms with Gasteiger partial charge in [-0.25, -0.2) is 13.1 Å². The first-order valence-corrected chi connectivity index (χ1v) is 9.94. The van der Waals surface area contributed by atoms with Gasteiger partial charge in [-0.1, -0.05) is 12.1 Å². The number of ketones is 1. The van der Waals surface area contributed by atoms with E-state index in [9.17, 15) is 13.2 Å². The number of carbonyl (C=O) groups is 1. The van der Waals surface area contributed by atoms with Crippen molar-refractivity contribution in [2.75, 3.05) is 4.72 Å². The third-order valence-corrected chi connectivity index (χ3v) is 5.71. The van der Waals surface area contributed by atoms with Crippen molar-refractivity contribution in [3.63, 3.8) is 0 Å². The summed E-state index contributed by atoms with van der Waals surface area (Å²) < 4.78 is 29.5. The number of aromatic nitrogens is 4. The number of rotatable bonds is 6. The minimum absolute atomic E-state index is 0.0388. The maximum atomic E-state index is 12.6. The lowest BCUT2D eigenvalue weighted by Gasteiger charge is -2.10. The molecule has 0 saturated heterocycles. The number of anilines is 1. The van der Waals surface area contributed by atoms with Crippen LogP contribution in [0, 0.1) is 0 Å². The van der Waals surface area contributed by atoms with E-state index in [1.807, 2.05) is 0 Å². The van der Waals surface area contributed by atoms with Gasteiger partial charge in [-0.05, 0) is 66.6 Å². The molecule has 138 valence electrons. The van der Waals surface area contributed by atoms with Gasteiger partial charge < -0.3 is 0 Å². The number of sulfonamides is 1. The number of hydrogen-bond acceptors (Lipinski definition) is 6. The molecule has 0 unspecified atom stereocenters. The van der Waals surface area contributed by atoms with Crippen LogP contribution in [0.15, 0.2) is 53.4 Å². The van der Waals surface area contributed by atoms with Crippen molar-refractivity contribution in [2.45, 2.75) is 30.7 Å². The zero-order valence-electron chi connectivity index (χ0n) is 14.5. The summed E-state index contributed by atoms with van der Waals surface area (Å²) in [6, 6.07) is 13.2. The lowest BCUT2D eigenvalue weighted by Crippen LogP contribution is -2.13. The standard InChI is InChI=1S/C18H17N5O3S/c1-12(24)14-3-2-4-17(11-14)27(25,26)20-15-7-5-13(6-8-15)18-19-21-22-23(18)16-9-10-16/h2-8,11,16,20H,9-10H2,1H3. The van der Waals surface area contributed by atoms with Gasteiger partial charge in [0.25, 0.3) is 10.0 Å². The van der Waals surface area contributed by atoms with Crippen LogP contribution in [0.1, 0.15) is 36.2 Å². The molecule has 8 nitrogen and oxygen atoms in total. The average molecular weight is 383 g/mol. The first kappa shape index (κ1) is 17.3. The monoisotopic (exact) mass is 383 g/mol. The molecule has 9 heteroatoms. The molecule has 1 heterocycles. The van der Waals surface area contributed by atoms with Gasteiger partial charge in [-0.15, -0.1) is 5.10 Å². The van der Waals surface area contributed by atoms with Crippen molar-refractivity contribution in [1.29, 1.82) is 0 Å². The van der Waals surface area contributed by atoms with Crippen LogP contribution in [0.4, 0.5) is 5.69 Å². The normalized spacial score (nSPS) is 14.1. The second-order valence-corrected chi connectivity index (χ2v) is 8.13. The second-order valence-electron chi connectivity index (χ2n) is 6.45. The number of nitrogens with one attached hydrogen (secondary N) is 1. The van der Waals surface area contributed by atoms with Gasteiger partial charge in [-0.3, -0.25) is 9.52 Å². The molecule has 1 fully saturated rings. The van der Waals surface area contributed by atoms with Crippen LogP contribution in [0.2, 0.25) is 0 Å². The fourth-order valence-electron chi connectivity index (χ4n) is 2.73. The molecule has 1 aliphatic carbocycles. The highest BCUT2D eigenvalue weighted by atomic mass is 32.2. The van der Waals surface area contributed by atoms with E-state index in [2.05, 4.69) is 20.2 Å². The van der Waals surface area contributed by atoms with Crippen molar-refractivity contribution >= 4 is 21.5 Å². The highest BCUT2D eigenvalue weighted by molar-refractivity contribution is 7.92. The van der Waals surface area contributed by atoms with E-state index in [1.165, 1.54) is 19.1 Å². The van der Waals surface area contributed by atoms with Gasteiger partial charge in [0.05, 0.1) is 10.9 Å². The Bertz CT molecular complexity index is 1100. The number of nitrogens with zero attached hydrogens (tertiary/aromatic N) is 4. The summed E-state index contributed by atoms with van der Waals surface area (Å²) in [6.07, 6.45) is 2.13. The number of benzene rings is 2. The van der Waals surface area contributed by atoms with E-state index in [4.69, 9.17) is 0 Å². The summed E-state index contributed by atoms with van der Waals surface area (Å²) in [7, 11) is -3.80. The third kappa shape index (κ3) is 3.59. The van der Waals surface area contributed by atoms with Crippen LogP contribution in [0.3, 0.4) is 0 Å². The Morgan fingerprint density at radius 3 is 2.56 bits per heavy atom. The zero-order chi connectivity index (χ0) is 19.0. The Kier molecular flexibility index (Phi) is 4.23. The van der Waals surface area contributed by atoms with Crippen LogP contribution >= 0.6 is 0 Å². The Hall–Kier alpha value is -3.07. The summed E-state index contributed by atoms with van der Waals surface area (Å²) in [4.78, 5) is 11.5. The summed E-state index contributed by atoms with van der Waals surface area (Å²) >= 11 is 0. The lowest BCUT2D eigenvalue weighted by atomic mass is 10.2. The molecule has 1 saturated carbocycles. The fourth-order valence-corrected chi connectivity index (χ4v) is 3.84. The minimum Gasteiger partial charge on any atom is -0.295 e. The topological polar surface area (TPSA) is 107 Å². The first-order chi connectivity index (χ1) is 12.9. The molecule has 1 aliphatic rings. The van der Waals surface area contributed by atoms with Crippen LogP contribution < -0.4 is 4.72 Å². The molecule has 0 spiro atoms. The summed E-state index contributed by atoms with van der Waals surface area (Å²) in [5.74, 6) is 0.478. The molecule has 1 aromatic heterocycles. The molecule has 1 N–H and O–H groups in total. The van der Waals surface area contributed by atoms with E-state index >= 15 is 0 Å². The average Bonchev–Trinajstić information content (AvgIpc) is 3.39. The van der Waals surface area contributed by atoms with Gasteiger partial charge in [0.1, 0.15) is 0 Å². The second kappa shape index (κ2) is 6.58. The SMILES string of the molecule is CC(=O)c1cccc(S(=O)(=O)Nc2ccc(-c3nnnn3C3CC3)cc2)c1. The summed E-state index contributed by atoms with van der Waals surface area (Å²) in [6.45, 7) is 1.40. The van der Waals surface area contributed by atoms with Crippen molar-refractivity contribution in [1.82, 2.24) is 20.2 Å². The van der Waals surface area contributed by atoms with Gasteiger partial charge in [0.15, 0.2) is 11.6 Å². The van der Waals surface area contributed by atoms with Gasteiger partial charge in [-0.2, -0.15) is 0 Å². The molecular weight excluding hydrogens is 366 g/mol. The van der Waals surface area contributed by atoms with E-state index < -0.39 is 10.0 Å². The Morgan fingerprint density at radius 2 is 1.89 bits per heavy atom. The molecule has 3 aromatic rings. The van der Waals surface area contributed by atoms with Crippen molar-refractivity contribution in [2.24, 2.45) is 0 Å². The number of tetrazole rings is 1. The van der Waals surface area contributed by atoms with E-state index in [1.54, 1.807) is 41.1 Å². The molecule has 0 aliphatic heterocycles. The van der Waals surface area contributed by atoms with E-state index in [0.717, 1.165) is 18.4 Å². The molecule has 0 radical (unpaired) electrons. The third-order valence-electron chi connectivity index (χ3n) is 4.33. The smallest absolute Gasteiger partial charge is 0.261 e. The van der Waals surface area contributed by atoms with Gasteiger partial charge in [0, 0.05) is 16.8 Å². The molecule has 4 rings (SSSR count).